The van der Waals surface area contributed by atoms with Crippen molar-refractivity contribution in [2.24, 2.45) is 5.92 Å². The van der Waals surface area contributed by atoms with E-state index in [4.69, 9.17) is 25.5 Å². The fourth-order valence-corrected chi connectivity index (χ4v) is 3.85. The zero-order valence-corrected chi connectivity index (χ0v) is 18.0. The summed E-state index contributed by atoms with van der Waals surface area (Å²) in [5.74, 6) is 1.57. The lowest BCUT2D eigenvalue weighted by Crippen LogP contribution is -2.40. The Morgan fingerprint density at radius 2 is 2.10 bits per heavy atom. The van der Waals surface area contributed by atoms with Crippen LogP contribution in [0.3, 0.4) is 0 Å². The first-order valence-corrected chi connectivity index (χ1v) is 10.4. The van der Waals surface area contributed by atoms with Gasteiger partial charge >= 0.3 is 0 Å². The molecule has 3 rings (SSSR count). The molecule has 2 heterocycles. The number of benzene rings is 1. The number of halogens is 1. The SMILES string of the molecule is COCc1ccc(C(=O)N2CCCC(CCC(=O)Nc3cc(Cl)ccc3OC)C2)o1. The van der Waals surface area contributed by atoms with Gasteiger partial charge in [-0.2, -0.15) is 0 Å². The summed E-state index contributed by atoms with van der Waals surface area (Å²) in [5.41, 5.74) is 0.556. The molecule has 8 heteroatoms. The Bertz CT molecular complexity index is 882. The van der Waals surface area contributed by atoms with Crippen molar-refractivity contribution in [1.29, 1.82) is 0 Å². The lowest BCUT2D eigenvalue weighted by Gasteiger charge is -2.32. The van der Waals surface area contributed by atoms with Crippen LogP contribution in [0.25, 0.3) is 0 Å². The van der Waals surface area contributed by atoms with E-state index in [1.807, 2.05) is 4.90 Å². The number of ether oxygens (including phenoxy) is 2. The van der Waals surface area contributed by atoms with Crippen LogP contribution >= 0.6 is 11.6 Å². The predicted octanol–water partition coefficient (Wildman–Crippen LogP) is 4.36. The molecule has 1 fully saturated rings. The molecule has 0 bridgehead atoms. The summed E-state index contributed by atoms with van der Waals surface area (Å²) in [6.07, 6.45) is 2.96. The van der Waals surface area contributed by atoms with Gasteiger partial charge in [0.25, 0.3) is 5.91 Å². The number of nitrogens with one attached hydrogen (secondary N) is 1. The predicted molar refractivity (Wildman–Crippen MR) is 114 cm³/mol. The second-order valence-electron chi connectivity index (χ2n) is 7.39. The fraction of sp³-hybridized carbons (Fsp3) is 0.455. The number of piperidine rings is 1. The third-order valence-corrected chi connectivity index (χ3v) is 5.42. The van der Waals surface area contributed by atoms with Gasteiger partial charge < -0.3 is 24.1 Å². The van der Waals surface area contributed by atoms with Gasteiger partial charge in [-0.15, -0.1) is 0 Å². The molecule has 1 aromatic heterocycles. The van der Waals surface area contributed by atoms with Crippen LogP contribution in [0.15, 0.2) is 34.7 Å². The monoisotopic (exact) mass is 434 g/mol. The number of amides is 2. The van der Waals surface area contributed by atoms with Crippen molar-refractivity contribution in [3.63, 3.8) is 0 Å². The zero-order valence-electron chi connectivity index (χ0n) is 17.3. The molecule has 0 spiro atoms. The second-order valence-corrected chi connectivity index (χ2v) is 7.83. The van der Waals surface area contributed by atoms with Crippen LogP contribution in [0.1, 0.15) is 42.0 Å². The molecule has 1 aliphatic rings. The van der Waals surface area contributed by atoms with Crippen molar-refractivity contribution >= 4 is 29.1 Å². The van der Waals surface area contributed by atoms with Crippen LogP contribution in [0, 0.1) is 5.92 Å². The Morgan fingerprint density at radius 3 is 2.87 bits per heavy atom. The Morgan fingerprint density at radius 1 is 1.27 bits per heavy atom. The van der Waals surface area contributed by atoms with Gasteiger partial charge in [-0.05, 0) is 55.5 Å². The summed E-state index contributed by atoms with van der Waals surface area (Å²) in [5, 5.41) is 3.39. The minimum Gasteiger partial charge on any atom is -0.495 e. The van der Waals surface area contributed by atoms with Gasteiger partial charge in [0.2, 0.25) is 5.91 Å². The van der Waals surface area contributed by atoms with E-state index in [-0.39, 0.29) is 17.7 Å². The Kier molecular flexibility index (Phi) is 7.76. The van der Waals surface area contributed by atoms with E-state index in [0.717, 1.165) is 12.8 Å². The standard InChI is InChI=1S/C22H27ClN2O5/c1-28-14-17-7-9-20(30-17)22(27)25-11-3-4-15(13-25)5-10-21(26)24-18-12-16(23)6-8-19(18)29-2/h6-9,12,15H,3-5,10-11,13-14H2,1-2H3,(H,24,26). The molecule has 1 aliphatic heterocycles. The van der Waals surface area contributed by atoms with Crippen LogP contribution < -0.4 is 10.1 Å². The quantitative estimate of drug-likeness (QED) is 0.667. The number of furan rings is 1. The second kappa shape index (κ2) is 10.5. The Hall–Kier alpha value is -2.51. The van der Waals surface area contributed by atoms with E-state index >= 15 is 0 Å². The third kappa shape index (κ3) is 5.77. The minimum atomic E-state index is -0.116. The highest BCUT2D eigenvalue weighted by Gasteiger charge is 2.26. The van der Waals surface area contributed by atoms with Gasteiger partial charge in [-0.3, -0.25) is 9.59 Å². The Balaban J connectivity index is 1.51. The van der Waals surface area contributed by atoms with E-state index in [1.54, 1.807) is 44.6 Å². The average molecular weight is 435 g/mol. The number of nitrogens with zero attached hydrogens (tertiary/aromatic N) is 1. The van der Waals surface area contributed by atoms with Gasteiger partial charge in [0, 0.05) is 31.6 Å². The fourth-order valence-electron chi connectivity index (χ4n) is 3.68. The summed E-state index contributed by atoms with van der Waals surface area (Å²) >= 11 is 6.01. The molecule has 1 atom stereocenters. The molecule has 1 aromatic carbocycles. The van der Waals surface area contributed by atoms with Crippen molar-refractivity contribution in [2.45, 2.75) is 32.3 Å². The van der Waals surface area contributed by atoms with E-state index in [1.165, 1.54) is 0 Å². The molecule has 1 unspecified atom stereocenters. The molecule has 0 radical (unpaired) electrons. The minimum absolute atomic E-state index is 0.103. The van der Waals surface area contributed by atoms with E-state index in [9.17, 15) is 9.59 Å². The van der Waals surface area contributed by atoms with Gasteiger partial charge in [-0.1, -0.05) is 11.6 Å². The van der Waals surface area contributed by atoms with Crippen LogP contribution in [-0.2, 0) is 16.1 Å². The lowest BCUT2D eigenvalue weighted by atomic mass is 9.93. The molecule has 2 amide bonds. The number of carbonyl (C=O) groups excluding carboxylic acids is 2. The zero-order chi connectivity index (χ0) is 21.5. The molecule has 0 aliphatic carbocycles. The molecule has 30 heavy (non-hydrogen) atoms. The lowest BCUT2D eigenvalue weighted by molar-refractivity contribution is -0.116. The number of carbonyl (C=O) groups is 2. The highest BCUT2D eigenvalue weighted by molar-refractivity contribution is 6.31. The van der Waals surface area contributed by atoms with E-state index < -0.39 is 0 Å². The highest BCUT2D eigenvalue weighted by Crippen LogP contribution is 2.28. The number of hydrogen-bond donors (Lipinski definition) is 1. The van der Waals surface area contributed by atoms with Gasteiger partial charge in [0.15, 0.2) is 5.76 Å². The van der Waals surface area contributed by atoms with Gasteiger partial charge in [-0.25, -0.2) is 0 Å². The maximum Gasteiger partial charge on any atom is 0.289 e. The molecule has 1 saturated heterocycles. The first-order chi connectivity index (χ1) is 14.5. The topological polar surface area (TPSA) is 81.0 Å². The molecular formula is C22H27ClN2O5. The highest BCUT2D eigenvalue weighted by atomic mass is 35.5. The normalized spacial score (nSPS) is 16.4. The average Bonchev–Trinajstić information content (AvgIpc) is 3.21. The maximum atomic E-state index is 12.7. The van der Waals surface area contributed by atoms with Crippen molar-refractivity contribution < 1.29 is 23.5 Å². The summed E-state index contributed by atoms with van der Waals surface area (Å²) in [4.78, 5) is 27.0. The van der Waals surface area contributed by atoms with Crippen molar-refractivity contribution in [2.75, 3.05) is 32.6 Å². The molecule has 7 nitrogen and oxygen atoms in total. The summed E-state index contributed by atoms with van der Waals surface area (Å²) in [6.45, 7) is 1.65. The molecule has 162 valence electrons. The van der Waals surface area contributed by atoms with E-state index in [0.29, 0.717) is 60.5 Å². The smallest absolute Gasteiger partial charge is 0.289 e. The van der Waals surface area contributed by atoms with Crippen molar-refractivity contribution in [3.8, 4) is 5.75 Å². The van der Waals surface area contributed by atoms with E-state index in [2.05, 4.69) is 5.32 Å². The molecule has 1 N–H and O–H groups in total. The molecule has 2 aromatic rings. The third-order valence-electron chi connectivity index (χ3n) is 5.18. The van der Waals surface area contributed by atoms with Crippen LogP contribution in [-0.4, -0.2) is 44.0 Å². The number of anilines is 1. The Labute approximate surface area is 181 Å². The van der Waals surface area contributed by atoms with Gasteiger partial charge in [0.1, 0.15) is 18.1 Å². The van der Waals surface area contributed by atoms with Crippen molar-refractivity contribution in [1.82, 2.24) is 4.90 Å². The summed E-state index contributed by atoms with van der Waals surface area (Å²) < 4.78 is 15.9. The van der Waals surface area contributed by atoms with Crippen LogP contribution in [0.4, 0.5) is 5.69 Å². The number of likely N-dealkylation sites (tertiary alicyclic amines) is 1. The molecular weight excluding hydrogens is 408 g/mol. The number of rotatable bonds is 8. The largest absolute Gasteiger partial charge is 0.495 e. The summed E-state index contributed by atoms with van der Waals surface area (Å²) in [6, 6.07) is 8.54. The number of hydrogen-bond acceptors (Lipinski definition) is 5. The number of methoxy groups -OCH3 is 2. The first kappa shape index (κ1) is 22.2. The molecule has 0 saturated carbocycles. The first-order valence-electron chi connectivity index (χ1n) is 10.0. The van der Waals surface area contributed by atoms with Gasteiger partial charge in [0.05, 0.1) is 12.8 Å². The maximum absolute atomic E-state index is 12.7. The summed E-state index contributed by atoms with van der Waals surface area (Å²) in [7, 11) is 3.13. The van der Waals surface area contributed by atoms with Crippen molar-refractivity contribution in [3.05, 3.63) is 46.9 Å². The van der Waals surface area contributed by atoms with Crippen LogP contribution in [0.5, 0.6) is 5.75 Å². The van der Waals surface area contributed by atoms with Crippen LogP contribution in [0.2, 0.25) is 5.02 Å².